The Morgan fingerprint density at radius 2 is 1.79 bits per heavy atom. The third-order valence-electron chi connectivity index (χ3n) is 2.57. The molecular weight excluding hydrogens is 305 g/mol. The molecule has 2 aromatic rings. The number of hydrogen-bond acceptors (Lipinski definition) is 2. The van der Waals surface area contributed by atoms with Gasteiger partial charge in [-0.1, -0.05) is 46.9 Å². The molecule has 0 saturated heterocycles. The molecule has 0 aliphatic rings. The molecule has 2 nitrogen and oxygen atoms in total. The minimum Gasteiger partial charge on any atom is -0.454 e. The highest BCUT2D eigenvalue weighted by molar-refractivity contribution is 6.35. The minimum atomic E-state index is 0.436. The topological polar surface area (TPSA) is 35.2 Å². The van der Waals surface area contributed by atoms with Crippen LogP contribution in [0, 0.1) is 0 Å². The van der Waals surface area contributed by atoms with E-state index in [2.05, 4.69) is 0 Å². The molecule has 0 bridgehead atoms. The second-order valence-corrected chi connectivity index (χ2v) is 5.19. The van der Waals surface area contributed by atoms with Crippen LogP contribution in [0.4, 0.5) is 0 Å². The summed E-state index contributed by atoms with van der Waals surface area (Å²) in [5, 5.41) is 1.52. The SMILES string of the molecule is NCCc1cccc(Cl)c1Oc1ccc(Cl)cc1Cl. The van der Waals surface area contributed by atoms with Gasteiger partial charge in [0.1, 0.15) is 11.5 Å². The van der Waals surface area contributed by atoms with Crippen LogP contribution in [-0.4, -0.2) is 6.54 Å². The zero-order valence-electron chi connectivity index (χ0n) is 10.00. The zero-order valence-corrected chi connectivity index (χ0v) is 12.3. The van der Waals surface area contributed by atoms with Gasteiger partial charge in [-0.15, -0.1) is 0 Å². The highest BCUT2D eigenvalue weighted by Crippen LogP contribution is 2.37. The molecule has 0 aliphatic heterocycles. The Morgan fingerprint density at radius 1 is 1.00 bits per heavy atom. The monoisotopic (exact) mass is 315 g/mol. The molecule has 2 aromatic carbocycles. The van der Waals surface area contributed by atoms with E-state index < -0.39 is 0 Å². The number of benzene rings is 2. The van der Waals surface area contributed by atoms with E-state index in [0.29, 0.717) is 39.5 Å². The van der Waals surface area contributed by atoms with Gasteiger partial charge in [-0.2, -0.15) is 0 Å². The van der Waals surface area contributed by atoms with Gasteiger partial charge in [0.15, 0.2) is 0 Å². The molecule has 5 heteroatoms. The molecule has 0 atom stereocenters. The first kappa shape index (κ1) is 14.5. The standard InChI is InChI=1S/C14H12Cl3NO/c15-10-4-5-13(12(17)8-10)19-14-9(6-7-18)2-1-3-11(14)16/h1-5,8H,6-7,18H2. The molecule has 2 rings (SSSR count). The Balaban J connectivity index is 2.37. The molecule has 2 N–H and O–H groups in total. The largest absolute Gasteiger partial charge is 0.454 e. The molecule has 0 fully saturated rings. The van der Waals surface area contributed by atoms with Gasteiger partial charge in [-0.05, 0) is 42.8 Å². The fourth-order valence-corrected chi connectivity index (χ4v) is 2.37. The van der Waals surface area contributed by atoms with Crippen LogP contribution in [0.2, 0.25) is 15.1 Å². The lowest BCUT2D eigenvalue weighted by molar-refractivity contribution is 0.477. The van der Waals surface area contributed by atoms with E-state index in [1.54, 1.807) is 24.3 Å². The summed E-state index contributed by atoms with van der Waals surface area (Å²) in [6.07, 6.45) is 0.682. The average molecular weight is 317 g/mol. The molecule has 100 valence electrons. The van der Waals surface area contributed by atoms with Crippen LogP contribution in [0.1, 0.15) is 5.56 Å². The van der Waals surface area contributed by atoms with Crippen LogP contribution < -0.4 is 10.5 Å². The smallest absolute Gasteiger partial charge is 0.149 e. The second kappa shape index (κ2) is 6.49. The van der Waals surface area contributed by atoms with E-state index in [1.165, 1.54) is 0 Å². The van der Waals surface area contributed by atoms with Crippen molar-refractivity contribution in [3.8, 4) is 11.5 Å². The average Bonchev–Trinajstić information content (AvgIpc) is 2.36. The van der Waals surface area contributed by atoms with E-state index in [9.17, 15) is 0 Å². The van der Waals surface area contributed by atoms with Crippen molar-refractivity contribution in [1.82, 2.24) is 0 Å². The van der Waals surface area contributed by atoms with Crippen molar-refractivity contribution < 1.29 is 4.74 Å². The van der Waals surface area contributed by atoms with Crippen LogP contribution >= 0.6 is 34.8 Å². The van der Waals surface area contributed by atoms with Crippen LogP contribution in [-0.2, 0) is 6.42 Å². The van der Waals surface area contributed by atoms with Crippen molar-refractivity contribution in [2.75, 3.05) is 6.54 Å². The molecule has 19 heavy (non-hydrogen) atoms. The summed E-state index contributed by atoms with van der Waals surface area (Å²) in [4.78, 5) is 0. The molecule has 0 amide bonds. The summed E-state index contributed by atoms with van der Waals surface area (Å²) in [6.45, 7) is 0.519. The van der Waals surface area contributed by atoms with Gasteiger partial charge in [0.2, 0.25) is 0 Å². The normalized spacial score (nSPS) is 10.5. The number of para-hydroxylation sites is 1. The third-order valence-corrected chi connectivity index (χ3v) is 3.40. The summed E-state index contributed by atoms with van der Waals surface area (Å²) in [5.74, 6) is 1.09. The Kier molecular flexibility index (Phi) is 4.94. The third kappa shape index (κ3) is 3.54. The van der Waals surface area contributed by atoms with Gasteiger partial charge in [-0.25, -0.2) is 0 Å². The van der Waals surface area contributed by atoms with E-state index in [-0.39, 0.29) is 0 Å². The summed E-state index contributed by atoms with van der Waals surface area (Å²) in [7, 11) is 0. The second-order valence-electron chi connectivity index (χ2n) is 3.94. The van der Waals surface area contributed by atoms with E-state index in [4.69, 9.17) is 45.3 Å². The van der Waals surface area contributed by atoms with Crippen molar-refractivity contribution in [2.24, 2.45) is 5.73 Å². The number of nitrogens with two attached hydrogens (primary N) is 1. The van der Waals surface area contributed by atoms with Gasteiger partial charge in [-0.3, -0.25) is 0 Å². The van der Waals surface area contributed by atoms with Gasteiger partial charge in [0.05, 0.1) is 10.0 Å². The highest BCUT2D eigenvalue weighted by atomic mass is 35.5. The maximum absolute atomic E-state index is 6.16. The minimum absolute atomic E-state index is 0.436. The van der Waals surface area contributed by atoms with E-state index >= 15 is 0 Å². The van der Waals surface area contributed by atoms with Crippen molar-refractivity contribution in [2.45, 2.75) is 6.42 Å². The van der Waals surface area contributed by atoms with Crippen molar-refractivity contribution in [3.05, 3.63) is 57.0 Å². The van der Waals surface area contributed by atoms with E-state index in [0.717, 1.165) is 5.56 Å². The Bertz CT molecular complexity index is 587. The van der Waals surface area contributed by atoms with Crippen molar-refractivity contribution >= 4 is 34.8 Å². The first-order chi connectivity index (χ1) is 9.11. The lowest BCUT2D eigenvalue weighted by atomic mass is 10.1. The lowest BCUT2D eigenvalue weighted by Gasteiger charge is -2.13. The lowest BCUT2D eigenvalue weighted by Crippen LogP contribution is -2.04. The van der Waals surface area contributed by atoms with Crippen LogP contribution in [0.25, 0.3) is 0 Å². The predicted molar refractivity (Wildman–Crippen MR) is 80.7 cm³/mol. The Labute approximate surface area is 127 Å². The quantitative estimate of drug-likeness (QED) is 0.867. The molecule has 0 unspecified atom stereocenters. The number of ether oxygens (including phenoxy) is 1. The molecule has 0 heterocycles. The maximum atomic E-state index is 6.16. The molecule has 0 aromatic heterocycles. The van der Waals surface area contributed by atoms with Gasteiger partial charge >= 0.3 is 0 Å². The number of halogens is 3. The first-order valence-electron chi connectivity index (χ1n) is 5.72. The number of hydrogen-bond donors (Lipinski definition) is 1. The molecule has 0 spiro atoms. The highest BCUT2D eigenvalue weighted by Gasteiger charge is 2.11. The first-order valence-corrected chi connectivity index (χ1v) is 6.85. The summed E-state index contributed by atoms with van der Waals surface area (Å²) < 4.78 is 5.80. The van der Waals surface area contributed by atoms with Crippen LogP contribution in [0.15, 0.2) is 36.4 Å². The summed E-state index contributed by atoms with van der Waals surface area (Å²) in [5.41, 5.74) is 6.53. The van der Waals surface area contributed by atoms with Crippen molar-refractivity contribution in [3.63, 3.8) is 0 Å². The molecule has 0 saturated carbocycles. The Morgan fingerprint density at radius 3 is 2.47 bits per heavy atom. The van der Waals surface area contributed by atoms with Crippen molar-refractivity contribution in [1.29, 1.82) is 0 Å². The van der Waals surface area contributed by atoms with E-state index in [1.807, 2.05) is 12.1 Å². The molecule has 0 aliphatic carbocycles. The Hall–Kier alpha value is -0.930. The van der Waals surface area contributed by atoms with Gasteiger partial charge in [0, 0.05) is 5.02 Å². The summed E-state index contributed by atoms with van der Waals surface area (Å²) in [6, 6.07) is 10.6. The van der Waals surface area contributed by atoms with Gasteiger partial charge < -0.3 is 10.5 Å². The maximum Gasteiger partial charge on any atom is 0.149 e. The predicted octanol–water partition coefficient (Wildman–Crippen LogP) is 4.94. The zero-order chi connectivity index (χ0) is 13.8. The fraction of sp³-hybridized carbons (Fsp3) is 0.143. The van der Waals surface area contributed by atoms with Crippen LogP contribution in [0.5, 0.6) is 11.5 Å². The fourth-order valence-electron chi connectivity index (χ4n) is 1.69. The summed E-state index contributed by atoms with van der Waals surface area (Å²) >= 11 is 18.1. The number of rotatable bonds is 4. The van der Waals surface area contributed by atoms with Gasteiger partial charge in [0.25, 0.3) is 0 Å². The molecule has 0 radical (unpaired) electrons. The van der Waals surface area contributed by atoms with Crippen LogP contribution in [0.3, 0.4) is 0 Å². The molecular formula is C14H12Cl3NO.